The Bertz CT molecular complexity index is 608. The number of rotatable bonds is 2. The van der Waals surface area contributed by atoms with Crippen LogP contribution in [0.25, 0.3) is 0 Å². The maximum atomic E-state index is 13.4. The largest absolute Gasteiger partial charge is 0.340 e. The summed E-state index contributed by atoms with van der Waals surface area (Å²) in [5, 5.41) is 2.73. The number of hydrogen-bond donors (Lipinski definition) is 1. The van der Waals surface area contributed by atoms with Crippen molar-refractivity contribution in [1.82, 2.24) is 10.2 Å². The van der Waals surface area contributed by atoms with Crippen LogP contribution in [-0.2, 0) is 16.1 Å². The highest BCUT2D eigenvalue weighted by atomic mass is 19.1. The summed E-state index contributed by atoms with van der Waals surface area (Å²) in [4.78, 5) is 26.4. The van der Waals surface area contributed by atoms with E-state index < -0.39 is 11.1 Å². The second-order valence-electron chi connectivity index (χ2n) is 6.60. The standard InChI is InChI=1S/C16H21FN2O2/c1-10-6-7-12(17)8-11(10)9-19-14(21)15(2,3)18-13(20)16(19,4)5/h6-8H,9H2,1-5H3,(H,18,20). The summed E-state index contributed by atoms with van der Waals surface area (Å²) >= 11 is 0. The van der Waals surface area contributed by atoms with Gasteiger partial charge in [0.2, 0.25) is 11.8 Å². The maximum Gasteiger partial charge on any atom is 0.248 e. The van der Waals surface area contributed by atoms with Crippen molar-refractivity contribution in [2.45, 2.75) is 52.2 Å². The van der Waals surface area contributed by atoms with Crippen molar-refractivity contribution in [3.05, 3.63) is 35.1 Å². The molecule has 2 amide bonds. The number of nitrogens with one attached hydrogen (secondary N) is 1. The van der Waals surface area contributed by atoms with Crippen LogP contribution in [0.2, 0.25) is 0 Å². The molecule has 4 nitrogen and oxygen atoms in total. The molecular weight excluding hydrogens is 271 g/mol. The van der Waals surface area contributed by atoms with Gasteiger partial charge in [-0.2, -0.15) is 0 Å². The zero-order valence-corrected chi connectivity index (χ0v) is 13.1. The van der Waals surface area contributed by atoms with E-state index in [1.165, 1.54) is 17.0 Å². The van der Waals surface area contributed by atoms with Gasteiger partial charge < -0.3 is 10.2 Å². The molecule has 1 aliphatic heterocycles. The second kappa shape index (κ2) is 4.83. The van der Waals surface area contributed by atoms with E-state index in [1.54, 1.807) is 33.8 Å². The Balaban J connectivity index is 2.41. The van der Waals surface area contributed by atoms with Crippen molar-refractivity contribution in [3.63, 3.8) is 0 Å². The molecule has 114 valence electrons. The van der Waals surface area contributed by atoms with Gasteiger partial charge in [0.1, 0.15) is 16.9 Å². The predicted octanol–water partition coefficient (Wildman–Crippen LogP) is 2.15. The summed E-state index contributed by atoms with van der Waals surface area (Å²) in [6.07, 6.45) is 0. The van der Waals surface area contributed by atoms with Crippen molar-refractivity contribution in [3.8, 4) is 0 Å². The molecule has 1 aromatic carbocycles. The van der Waals surface area contributed by atoms with Gasteiger partial charge in [-0.15, -0.1) is 0 Å². The van der Waals surface area contributed by atoms with Crippen LogP contribution < -0.4 is 5.32 Å². The van der Waals surface area contributed by atoms with Gasteiger partial charge in [-0.3, -0.25) is 9.59 Å². The first-order chi connectivity index (χ1) is 9.55. The van der Waals surface area contributed by atoms with E-state index >= 15 is 0 Å². The van der Waals surface area contributed by atoms with E-state index in [0.717, 1.165) is 5.56 Å². The predicted molar refractivity (Wildman–Crippen MR) is 78.0 cm³/mol. The van der Waals surface area contributed by atoms with E-state index in [0.29, 0.717) is 5.56 Å². The third-order valence-corrected chi connectivity index (χ3v) is 4.08. The maximum absolute atomic E-state index is 13.4. The molecular formula is C16H21FN2O2. The Labute approximate surface area is 124 Å². The monoisotopic (exact) mass is 292 g/mol. The molecule has 0 bridgehead atoms. The first-order valence-corrected chi connectivity index (χ1v) is 6.95. The minimum atomic E-state index is -0.967. The number of amides is 2. The summed E-state index contributed by atoms with van der Waals surface area (Å²) in [5.74, 6) is -0.724. The summed E-state index contributed by atoms with van der Waals surface area (Å²) in [5.41, 5.74) is -0.315. The normalized spacial score (nSPS) is 20.4. The highest BCUT2D eigenvalue weighted by Gasteiger charge is 2.49. The van der Waals surface area contributed by atoms with Gasteiger partial charge >= 0.3 is 0 Å². The van der Waals surface area contributed by atoms with E-state index in [-0.39, 0.29) is 24.2 Å². The van der Waals surface area contributed by atoms with Crippen LogP contribution in [0.4, 0.5) is 4.39 Å². The lowest BCUT2D eigenvalue weighted by Crippen LogP contribution is -2.71. The van der Waals surface area contributed by atoms with Gasteiger partial charge in [0, 0.05) is 6.54 Å². The number of carbonyl (C=O) groups excluding carboxylic acids is 2. The molecule has 0 saturated carbocycles. The Morgan fingerprint density at radius 3 is 2.43 bits per heavy atom. The third kappa shape index (κ3) is 2.64. The summed E-state index contributed by atoms with van der Waals surface area (Å²) in [6, 6.07) is 4.48. The summed E-state index contributed by atoms with van der Waals surface area (Å²) in [7, 11) is 0. The lowest BCUT2D eigenvalue weighted by molar-refractivity contribution is -0.160. The molecule has 1 heterocycles. The van der Waals surface area contributed by atoms with E-state index in [1.807, 2.05) is 6.92 Å². The van der Waals surface area contributed by atoms with Crippen molar-refractivity contribution >= 4 is 11.8 Å². The number of carbonyl (C=O) groups is 2. The minimum Gasteiger partial charge on any atom is -0.340 e. The lowest BCUT2D eigenvalue weighted by Gasteiger charge is -2.47. The molecule has 0 aromatic heterocycles. The molecule has 0 spiro atoms. The van der Waals surface area contributed by atoms with Crippen LogP contribution in [0.15, 0.2) is 18.2 Å². The molecule has 0 aliphatic carbocycles. The second-order valence-corrected chi connectivity index (χ2v) is 6.60. The van der Waals surface area contributed by atoms with Crippen LogP contribution in [-0.4, -0.2) is 27.8 Å². The molecule has 1 fully saturated rings. The number of piperazine rings is 1. The number of hydrogen-bond acceptors (Lipinski definition) is 2. The Hall–Kier alpha value is -1.91. The summed E-state index contributed by atoms with van der Waals surface area (Å²) < 4.78 is 13.4. The van der Waals surface area contributed by atoms with Crippen LogP contribution in [0, 0.1) is 12.7 Å². The van der Waals surface area contributed by atoms with Crippen molar-refractivity contribution < 1.29 is 14.0 Å². The molecule has 1 aliphatic rings. The molecule has 1 N–H and O–H groups in total. The highest BCUT2D eigenvalue weighted by Crippen LogP contribution is 2.28. The van der Waals surface area contributed by atoms with Gasteiger partial charge in [-0.1, -0.05) is 6.07 Å². The molecule has 1 saturated heterocycles. The third-order valence-electron chi connectivity index (χ3n) is 4.08. The van der Waals surface area contributed by atoms with E-state index in [9.17, 15) is 14.0 Å². The van der Waals surface area contributed by atoms with Gasteiger partial charge in [0.25, 0.3) is 0 Å². The zero-order valence-electron chi connectivity index (χ0n) is 13.1. The van der Waals surface area contributed by atoms with Gasteiger partial charge in [-0.05, 0) is 57.9 Å². The van der Waals surface area contributed by atoms with Gasteiger partial charge in [0.05, 0.1) is 0 Å². The Morgan fingerprint density at radius 1 is 1.19 bits per heavy atom. The number of nitrogens with zero attached hydrogens (tertiary/aromatic N) is 1. The minimum absolute atomic E-state index is 0.171. The zero-order chi connectivity index (χ0) is 16.0. The van der Waals surface area contributed by atoms with Crippen molar-refractivity contribution in [2.75, 3.05) is 0 Å². The van der Waals surface area contributed by atoms with Crippen molar-refractivity contribution in [1.29, 1.82) is 0 Å². The number of aryl methyl sites for hydroxylation is 1. The first-order valence-electron chi connectivity index (χ1n) is 6.95. The molecule has 1 aromatic rings. The van der Waals surface area contributed by atoms with Crippen molar-refractivity contribution in [2.24, 2.45) is 0 Å². The molecule has 0 unspecified atom stereocenters. The highest BCUT2D eigenvalue weighted by molar-refractivity contribution is 6.01. The lowest BCUT2D eigenvalue weighted by atomic mass is 9.89. The summed E-state index contributed by atoms with van der Waals surface area (Å²) in [6.45, 7) is 8.82. The quantitative estimate of drug-likeness (QED) is 0.908. The smallest absolute Gasteiger partial charge is 0.248 e. The Kier molecular flexibility index (Phi) is 3.56. The van der Waals surface area contributed by atoms with Crippen LogP contribution >= 0.6 is 0 Å². The molecule has 21 heavy (non-hydrogen) atoms. The number of benzene rings is 1. The van der Waals surface area contributed by atoms with E-state index in [2.05, 4.69) is 5.32 Å². The van der Waals surface area contributed by atoms with Gasteiger partial charge in [0.15, 0.2) is 0 Å². The fraction of sp³-hybridized carbons (Fsp3) is 0.500. The SMILES string of the molecule is Cc1ccc(F)cc1CN1C(=O)C(C)(C)NC(=O)C1(C)C. The fourth-order valence-corrected chi connectivity index (χ4v) is 2.45. The number of halogens is 1. The molecule has 5 heteroatoms. The van der Waals surface area contributed by atoms with Crippen LogP contribution in [0.1, 0.15) is 38.8 Å². The molecule has 0 radical (unpaired) electrons. The van der Waals surface area contributed by atoms with E-state index in [4.69, 9.17) is 0 Å². The van der Waals surface area contributed by atoms with Crippen LogP contribution in [0.3, 0.4) is 0 Å². The Morgan fingerprint density at radius 2 is 1.81 bits per heavy atom. The first kappa shape index (κ1) is 15.5. The molecule has 2 rings (SSSR count). The average molecular weight is 292 g/mol. The van der Waals surface area contributed by atoms with Crippen LogP contribution in [0.5, 0.6) is 0 Å². The van der Waals surface area contributed by atoms with Gasteiger partial charge in [-0.25, -0.2) is 4.39 Å². The fourth-order valence-electron chi connectivity index (χ4n) is 2.45. The average Bonchev–Trinajstić information content (AvgIpc) is 2.36. The topological polar surface area (TPSA) is 49.4 Å². The molecule has 0 atom stereocenters.